The lowest BCUT2D eigenvalue weighted by Crippen LogP contribution is -2.00. The number of benzene rings is 2. The van der Waals surface area contributed by atoms with Gasteiger partial charge in [0, 0.05) is 17.6 Å². The highest BCUT2D eigenvalue weighted by Gasteiger charge is 2.02. The number of anilines is 1. The second-order valence-corrected chi connectivity index (χ2v) is 3.65. The highest BCUT2D eigenvalue weighted by Crippen LogP contribution is 2.26. The van der Waals surface area contributed by atoms with E-state index in [9.17, 15) is 0 Å². The molecule has 2 rings (SSSR count). The fraction of sp³-hybridized carbons (Fsp3) is 0.143. The van der Waals surface area contributed by atoms with Crippen LogP contribution >= 0.6 is 0 Å². The van der Waals surface area contributed by atoms with E-state index in [2.05, 4.69) is 55.2 Å². The molecular weight excluding hydrogens is 182 g/mol. The van der Waals surface area contributed by atoms with Crippen LogP contribution in [0.1, 0.15) is 5.56 Å². The highest BCUT2D eigenvalue weighted by atomic mass is 14.9. The summed E-state index contributed by atoms with van der Waals surface area (Å²) in [6, 6.07) is 12.7. The number of nitrogens with one attached hydrogen (secondary N) is 1. The van der Waals surface area contributed by atoms with Crippen molar-refractivity contribution in [1.82, 2.24) is 0 Å². The number of aryl methyl sites for hydroxylation is 1. The maximum atomic E-state index is 3.72. The summed E-state index contributed by atoms with van der Waals surface area (Å²) in [6.07, 6.45) is 1.88. The van der Waals surface area contributed by atoms with E-state index in [0.29, 0.717) is 0 Å². The zero-order chi connectivity index (χ0) is 10.7. The third kappa shape index (κ3) is 1.86. The van der Waals surface area contributed by atoms with E-state index in [-0.39, 0.29) is 0 Å². The Kier molecular flexibility index (Phi) is 2.72. The largest absolute Gasteiger partial charge is 0.381 e. The van der Waals surface area contributed by atoms with Gasteiger partial charge < -0.3 is 5.32 Å². The van der Waals surface area contributed by atoms with Gasteiger partial charge in [0.05, 0.1) is 0 Å². The molecule has 0 aliphatic carbocycles. The summed E-state index contributed by atoms with van der Waals surface area (Å²) in [6.45, 7) is 6.65. The Labute approximate surface area is 90.4 Å². The van der Waals surface area contributed by atoms with Gasteiger partial charge in [-0.2, -0.15) is 0 Å². The second kappa shape index (κ2) is 4.18. The van der Waals surface area contributed by atoms with Crippen molar-refractivity contribution in [2.75, 3.05) is 11.9 Å². The van der Waals surface area contributed by atoms with E-state index < -0.39 is 0 Å². The summed E-state index contributed by atoms with van der Waals surface area (Å²) < 4.78 is 0. The SMILES string of the molecule is C=CCNc1c(C)ccc2ccccc12. The molecule has 2 aromatic carbocycles. The minimum Gasteiger partial charge on any atom is -0.381 e. The molecule has 0 atom stereocenters. The summed E-state index contributed by atoms with van der Waals surface area (Å²) in [5.74, 6) is 0. The summed E-state index contributed by atoms with van der Waals surface area (Å²) in [5, 5.41) is 5.94. The quantitative estimate of drug-likeness (QED) is 0.739. The van der Waals surface area contributed by atoms with Gasteiger partial charge in [0.1, 0.15) is 0 Å². The third-order valence-electron chi connectivity index (χ3n) is 2.56. The predicted octanol–water partition coefficient (Wildman–Crippen LogP) is 3.75. The summed E-state index contributed by atoms with van der Waals surface area (Å²) >= 11 is 0. The molecule has 0 bridgehead atoms. The number of hydrogen-bond donors (Lipinski definition) is 1. The molecule has 1 N–H and O–H groups in total. The lowest BCUT2D eigenvalue weighted by molar-refractivity contribution is 1.32. The van der Waals surface area contributed by atoms with Crippen LogP contribution in [0.25, 0.3) is 10.8 Å². The van der Waals surface area contributed by atoms with Gasteiger partial charge in [-0.05, 0) is 17.9 Å². The van der Waals surface area contributed by atoms with Gasteiger partial charge in [-0.15, -0.1) is 6.58 Å². The van der Waals surface area contributed by atoms with E-state index >= 15 is 0 Å². The Balaban J connectivity index is 2.57. The Hall–Kier alpha value is -1.76. The molecule has 1 heteroatoms. The van der Waals surface area contributed by atoms with E-state index in [1.165, 1.54) is 22.0 Å². The number of fused-ring (bicyclic) bond motifs is 1. The first-order chi connectivity index (χ1) is 7.33. The van der Waals surface area contributed by atoms with Gasteiger partial charge in [0.15, 0.2) is 0 Å². The fourth-order valence-corrected chi connectivity index (χ4v) is 1.79. The minimum absolute atomic E-state index is 0.800. The van der Waals surface area contributed by atoms with Crippen LogP contribution in [0.15, 0.2) is 49.1 Å². The fourth-order valence-electron chi connectivity index (χ4n) is 1.79. The second-order valence-electron chi connectivity index (χ2n) is 3.65. The van der Waals surface area contributed by atoms with E-state index in [0.717, 1.165) is 6.54 Å². The van der Waals surface area contributed by atoms with Crippen LogP contribution in [-0.2, 0) is 0 Å². The molecule has 0 spiro atoms. The standard InChI is InChI=1S/C14H15N/c1-3-10-15-14-11(2)8-9-12-6-4-5-7-13(12)14/h3-9,15H,1,10H2,2H3. The Morgan fingerprint density at radius 3 is 2.80 bits per heavy atom. The maximum absolute atomic E-state index is 3.72. The van der Waals surface area contributed by atoms with Crippen molar-refractivity contribution in [2.45, 2.75) is 6.92 Å². The smallest absolute Gasteiger partial charge is 0.0452 e. The monoisotopic (exact) mass is 197 g/mol. The van der Waals surface area contributed by atoms with Gasteiger partial charge >= 0.3 is 0 Å². The molecule has 0 saturated carbocycles. The van der Waals surface area contributed by atoms with Crippen molar-refractivity contribution >= 4 is 16.5 Å². The van der Waals surface area contributed by atoms with Gasteiger partial charge in [0.2, 0.25) is 0 Å². The minimum atomic E-state index is 0.800. The number of hydrogen-bond acceptors (Lipinski definition) is 1. The average Bonchev–Trinajstić information content (AvgIpc) is 2.28. The zero-order valence-corrected chi connectivity index (χ0v) is 8.96. The van der Waals surface area contributed by atoms with Crippen molar-refractivity contribution in [3.8, 4) is 0 Å². The Bertz CT molecular complexity index is 486. The molecule has 0 saturated heterocycles. The molecule has 0 unspecified atom stereocenters. The van der Waals surface area contributed by atoms with E-state index in [1.54, 1.807) is 0 Å². The molecule has 0 aromatic heterocycles. The highest BCUT2D eigenvalue weighted by molar-refractivity contribution is 5.95. The van der Waals surface area contributed by atoms with Crippen LogP contribution in [-0.4, -0.2) is 6.54 Å². The van der Waals surface area contributed by atoms with Gasteiger partial charge in [-0.3, -0.25) is 0 Å². The first kappa shape index (κ1) is 9.78. The summed E-state index contributed by atoms with van der Waals surface area (Å²) in [7, 11) is 0. The molecule has 0 radical (unpaired) electrons. The van der Waals surface area contributed by atoms with Crippen LogP contribution in [0.3, 0.4) is 0 Å². The maximum Gasteiger partial charge on any atom is 0.0452 e. The number of rotatable bonds is 3. The molecule has 0 amide bonds. The van der Waals surface area contributed by atoms with Crippen LogP contribution in [0, 0.1) is 6.92 Å². The van der Waals surface area contributed by atoms with Crippen molar-refractivity contribution in [3.63, 3.8) is 0 Å². The Morgan fingerprint density at radius 2 is 2.00 bits per heavy atom. The molecule has 1 nitrogen and oxygen atoms in total. The van der Waals surface area contributed by atoms with Gasteiger partial charge in [-0.25, -0.2) is 0 Å². The third-order valence-corrected chi connectivity index (χ3v) is 2.56. The summed E-state index contributed by atoms with van der Waals surface area (Å²) in [5.41, 5.74) is 2.49. The normalized spacial score (nSPS) is 10.2. The van der Waals surface area contributed by atoms with Crippen LogP contribution in [0.2, 0.25) is 0 Å². The molecule has 0 fully saturated rings. The lowest BCUT2D eigenvalue weighted by Gasteiger charge is -2.11. The molecule has 0 aliphatic heterocycles. The molecule has 15 heavy (non-hydrogen) atoms. The lowest BCUT2D eigenvalue weighted by atomic mass is 10.0. The van der Waals surface area contributed by atoms with Crippen LogP contribution < -0.4 is 5.32 Å². The van der Waals surface area contributed by atoms with Crippen molar-refractivity contribution in [1.29, 1.82) is 0 Å². The molecule has 0 aliphatic rings. The molecule has 0 heterocycles. The van der Waals surface area contributed by atoms with Crippen molar-refractivity contribution < 1.29 is 0 Å². The van der Waals surface area contributed by atoms with Crippen LogP contribution in [0.4, 0.5) is 5.69 Å². The van der Waals surface area contributed by atoms with Crippen LogP contribution in [0.5, 0.6) is 0 Å². The molecule has 2 aromatic rings. The first-order valence-electron chi connectivity index (χ1n) is 5.16. The molecular formula is C14H15N. The van der Waals surface area contributed by atoms with Gasteiger partial charge in [0.25, 0.3) is 0 Å². The van der Waals surface area contributed by atoms with Crippen molar-refractivity contribution in [2.24, 2.45) is 0 Å². The zero-order valence-electron chi connectivity index (χ0n) is 8.96. The molecule has 76 valence electrons. The first-order valence-corrected chi connectivity index (χ1v) is 5.16. The van der Waals surface area contributed by atoms with Gasteiger partial charge in [-0.1, -0.05) is 42.5 Å². The predicted molar refractivity (Wildman–Crippen MR) is 67.4 cm³/mol. The average molecular weight is 197 g/mol. The van der Waals surface area contributed by atoms with E-state index in [1.807, 2.05) is 6.08 Å². The van der Waals surface area contributed by atoms with E-state index in [4.69, 9.17) is 0 Å². The summed E-state index contributed by atoms with van der Waals surface area (Å²) in [4.78, 5) is 0. The Morgan fingerprint density at radius 1 is 1.20 bits per heavy atom. The topological polar surface area (TPSA) is 12.0 Å². The van der Waals surface area contributed by atoms with Crippen molar-refractivity contribution in [3.05, 3.63) is 54.6 Å².